The summed E-state index contributed by atoms with van der Waals surface area (Å²) in [6, 6.07) is 12.8. The molecule has 0 spiro atoms. The minimum absolute atomic E-state index is 0.118. The van der Waals surface area contributed by atoms with E-state index in [1.54, 1.807) is 12.1 Å². The smallest absolute Gasteiger partial charge is 0.372 e. The molecule has 0 radical (unpaired) electrons. The molecule has 0 atom stereocenters. The molecule has 0 saturated carbocycles. The third kappa shape index (κ3) is 2.07. The fraction of sp³-hybridized carbons (Fsp3) is 0.118. The molecular weight excluding hydrogens is 284 g/mol. The molecule has 2 aromatic carbocycles. The fourth-order valence-electron chi connectivity index (χ4n) is 2.51. The van der Waals surface area contributed by atoms with Crippen LogP contribution in [0, 0.1) is 0 Å². The van der Waals surface area contributed by atoms with Crippen molar-refractivity contribution < 1.29 is 23.8 Å². The second-order valence-electron chi connectivity index (χ2n) is 4.66. The highest BCUT2D eigenvalue weighted by Gasteiger charge is 2.24. The van der Waals surface area contributed by atoms with Crippen LogP contribution >= 0.6 is 0 Å². The molecule has 3 rings (SSSR count). The van der Waals surface area contributed by atoms with E-state index >= 15 is 0 Å². The SMILES string of the molecule is COc1ccc2c(-c3ccccc3)c(C(=O)O)oc2c1OC. The lowest BCUT2D eigenvalue weighted by Crippen LogP contribution is -1.95. The fourth-order valence-corrected chi connectivity index (χ4v) is 2.51. The highest BCUT2D eigenvalue weighted by molar-refractivity contribution is 6.07. The van der Waals surface area contributed by atoms with Crippen molar-refractivity contribution in [1.82, 2.24) is 0 Å². The number of methoxy groups -OCH3 is 2. The lowest BCUT2D eigenvalue weighted by Gasteiger charge is -2.07. The van der Waals surface area contributed by atoms with Crippen LogP contribution in [0.5, 0.6) is 11.5 Å². The predicted molar refractivity (Wildman–Crippen MR) is 81.7 cm³/mol. The third-order valence-corrected chi connectivity index (χ3v) is 3.46. The molecule has 0 fully saturated rings. The van der Waals surface area contributed by atoms with Crippen molar-refractivity contribution >= 4 is 16.9 Å². The van der Waals surface area contributed by atoms with Gasteiger partial charge in [0.2, 0.25) is 11.5 Å². The Labute approximate surface area is 126 Å². The first kappa shape index (κ1) is 14.0. The summed E-state index contributed by atoms with van der Waals surface area (Å²) in [4.78, 5) is 11.6. The van der Waals surface area contributed by atoms with Gasteiger partial charge in [0, 0.05) is 10.9 Å². The van der Waals surface area contributed by atoms with Crippen LogP contribution in [0.1, 0.15) is 10.6 Å². The van der Waals surface area contributed by atoms with E-state index in [1.807, 2.05) is 30.3 Å². The molecule has 0 aliphatic carbocycles. The number of furan rings is 1. The lowest BCUT2D eigenvalue weighted by molar-refractivity contribution is 0.0666. The molecular formula is C17H14O5. The molecule has 1 heterocycles. The van der Waals surface area contributed by atoms with Crippen molar-refractivity contribution in [1.29, 1.82) is 0 Å². The molecule has 3 aromatic rings. The van der Waals surface area contributed by atoms with Crippen LogP contribution in [-0.2, 0) is 0 Å². The second-order valence-corrected chi connectivity index (χ2v) is 4.66. The maximum atomic E-state index is 11.6. The van der Waals surface area contributed by atoms with E-state index in [1.165, 1.54) is 14.2 Å². The Morgan fingerprint density at radius 2 is 1.77 bits per heavy atom. The zero-order chi connectivity index (χ0) is 15.7. The quantitative estimate of drug-likeness (QED) is 0.793. The van der Waals surface area contributed by atoms with Crippen LogP contribution in [0.4, 0.5) is 0 Å². The largest absolute Gasteiger partial charge is 0.493 e. The number of ether oxygens (including phenoxy) is 2. The van der Waals surface area contributed by atoms with Gasteiger partial charge in [0.15, 0.2) is 11.3 Å². The Bertz CT molecular complexity index is 833. The lowest BCUT2D eigenvalue weighted by atomic mass is 10.0. The second kappa shape index (κ2) is 5.44. The number of carbonyl (C=O) groups is 1. The van der Waals surface area contributed by atoms with Gasteiger partial charge in [-0.1, -0.05) is 30.3 Å². The summed E-state index contributed by atoms with van der Waals surface area (Å²) in [5, 5.41) is 10.1. The molecule has 0 bridgehead atoms. The highest BCUT2D eigenvalue weighted by atomic mass is 16.5. The number of aromatic carboxylic acids is 1. The molecule has 5 nitrogen and oxygen atoms in total. The number of hydrogen-bond acceptors (Lipinski definition) is 4. The summed E-state index contributed by atoms with van der Waals surface area (Å²) in [7, 11) is 3.01. The number of fused-ring (bicyclic) bond motifs is 1. The van der Waals surface area contributed by atoms with Gasteiger partial charge >= 0.3 is 5.97 Å². The summed E-state index contributed by atoms with van der Waals surface area (Å²) in [5.41, 5.74) is 1.66. The number of carboxylic acid groups (broad SMARTS) is 1. The van der Waals surface area contributed by atoms with E-state index in [2.05, 4.69) is 0 Å². The minimum Gasteiger partial charge on any atom is -0.493 e. The van der Waals surface area contributed by atoms with Gasteiger partial charge in [-0.25, -0.2) is 4.79 Å². The first-order chi connectivity index (χ1) is 10.7. The molecule has 22 heavy (non-hydrogen) atoms. The number of hydrogen-bond donors (Lipinski definition) is 1. The van der Waals surface area contributed by atoms with Crippen molar-refractivity contribution in [2.24, 2.45) is 0 Å². The Balaban J connectivity index is 2.40. The average Bonchev–Trinajstić information content (AvgIpc) is 2.94. The van der Waals surface area contributed by atoms with E-state index in [-0.39, 0.29) is 5.76 Å². The van der Waals surface area contributed by atoms with Gasteiger partial charge < -0.3 is 19.0 Å². The molecule has 112 valence electrons. The zero-order valence-electron chi connectivity index (χ0n) is 12.1. The van der Waals surface area contributed by atoms with Crippen molar-refractivity contribution in [3.8, 4) is 22.6 Å². The summed E-state index contributed by atoms with van der Waals surface area (Å²) in [6.07, 6.45) is 0. The van der Waals surface area contributed by atoms with E-state index in [0.29, 0.717) is 28.0 Å². The number of carboxylic acids is 1. The molecule has 0 saturated heterocycles. The Hall–Kier alpha value is -2.95. The van der Waals surface area contributed by atoms with Gasteiger partial charge in [0.05, 0.1) is 14.2 Å². The van der Waals surface area contributed by atoms with Gasteiger partial charge in [-0.05, 0) is 17.7 Å². The van der Waals surface area contributed by atoms with Gasteiger partial charge in [0.1, 0.15) is 0 Å². The van der Waals surface area contributed by atoms with E-state index in [4.69, 9.17) is 13.9 Å². The van der Waals surface area contributed by atoms with E-state index < -0.39 is 5.97 Å². The van der Waals surface area contributed by atoms with Crippen LogP contribution in [0.2, 0.25) is 0 Å². The minimum atomic E-state index is -1.13. The molecule has 1 N–H and O–H groups in total. The summed E-state index contributed by atoms with van der Waals surface area (Å²) in [6.45, 7) is 0. The van der Waals surface area contributed by atoms with Crippen LogP contribution in [0.15, 0.2) is 46.9 Å². The number of rotatable bonds is 4. The van der Waals surface area contributed by atoms with Crippen LogP contribution in [0.25, 0.3) is 22.1 Å². The highest BCUT2D eigenvalue weighted by Crippen LogP contribution is 2.43. The van der Waals surface area contributed by atoms with Crippen molar-refractivity contribution in [3.63, 3.8) is 0 Å². The van der Waals surface area contributed by atoms with Crippen LogP contribution < -0.4 is 9.47 Å². The zero-order valence-corrected chi connectivity index (χ0v) is 12.1. The Morgan fingerprint density at radius 1 is 1.05 bits per heavy atom. The summed E-state index contributed by atoms with van der Waals surface area (Å²) < 4.78 is 16.1. The Kier molecular flexibility index (Phi) is 3.47. The van der Waals surface area contributed by atoms with Gasteiger partial charge in [-0.3, -0.25) is 0 Å². The normalized spacial score (nSPS) is 10.6. The van der Waals surface area contributed by atoms with E-state index in [0.717, 1.165) is 5.56 Å². The molecule has 5 heteroatoms. The monoisotopic (exact) mass is 298 g/mol. The van der Waals surface area contributed by atoms with Crippen molar-refractivity contribution in [2.45, 2.75) is 0 Å². The third-order valence-electron chi connectivity index (χ3n) is 3.46. The Morgan fingerprint density at radius 3 is 2.36 bits per heavy atom. The van der Waals surface area contributed by atoms with Crippen molar-refractivity contribution in [3.05, 3.63) is 48.2 Å². The van der Waals surface area contributed by atoms with E-state index in [9.17, 15) is 9.90 Å². The van der Waals surface area contributed by atoms with Crippen molar-refractivity contribution in [2.75, 3.05) is 14.2 Å². The first-order valence-corrected chi connectivity index (χ1v) is 6.63. The van der Waals surface area contributed by atoms with Crippen LogP contribution in [-0.4, -0.2) is 25.3 Å². The standard InChI is InChI=1S/C17H14O5/c1-20-12-9-8-11-13(10-6-4-3-5-7-10)16(17(18)19)22-14(11)15(12)21-2/h3-9H,1-2H3,(H,18,19). The molecule has 0 amide bonds. The first-order valence-electron chi connectivity index (χ1n) is 6.63. The average molecular weight is 298 g/mol. The van der Waals surface area contributed by atoms with Gasteiger partial charge in [-0.2, -0.15) is 0 Å². The maximum absolute atomic E-state index is 11.6. The molecule has 0 unspecified atom stereocenters. The summed E-state index contributed by atoms with van der Waals surface area (Å²) in [5.74, 6) is -0.381. The van der Waals surface area contributed by atoms with Gasteiger partial charge in [-0.15, -0.1) is 0 Å². The number of benzene rings is 2. The van der Waals surface area contributed by atoms with Crippen LogP contribution in [0.3, 0.4) is 0 Å². The predicted octanol–water partition coefficient (Wildman–Crippen LogP) is 3.82. The summed E-state index contributed by atoms with van der Waals surface area (Å²) >= 11 is 0. The molecule has 0 aliphatic rings. The molecule has 1 aromatic heterocycles. The topological polar surface area (TPSA) is 68.9 Å². The molecule has 0 aliphatic heterocycles. The maximum Gasteiger partial charge on any atom is 0.372 e. The van der Waals surface area contributed by atoms with Gasteiger partial charge in [0.25, 0.3) is 0 Å².